The number of halogens is 1. The molecule has 0 saturated carbocycles. The quantitative estimate of drug-likeness (QED) is 0.540. The van der Waals surface area contributed by atoms with Crippen molar-refractivity contribution >= 4 is 17.4 Å². The van der Waals surface area contributed by atoms with Gasteiger partial charge in [-0.1, -0.05) is 27.7 Å². The van der Waals surface area contributed by atoms with Gasteiger partial charge in [0.15, 0.2) is 5.78 Å². The van der Waals surface area contributed by atoms with Crippen LogP contribution in [0.3, 0.4) is 0 Å². The maximum atomic E-state index is 12.1. The predicted molar refractivity (Wildman–Crippen MR) is 59.4 cm³/mol. The third-order valence-electron chi connectivity index (χ3n) is 2.83. The molecule has 1 heterocycles. The molecule has 1 aliphatic heterocycles. The van der Waals surface area contributed by atoms with Gasteiger partial charge in [0.1, 0.15) is 0 Å². The van der Waals surface area contributed by atoms with Gasteiger partial charge in [-0.05, 0) is 18.8 Å². The summed E-state index contributed by atoms with van der Waals surface area (Å²) in [6.45, 7) is 7.99. The largest absolute Gasteiger partial charge is 0.297 e. The molecule has 0 aliphatic carbocycles. The summed E-state index contributed by atoms with van der Waals surface area (Å²) in [4.78, 5) is 12.1. The Kier molecular flexibility index (Phi) is 3.59. The SMILES string of the molecule is CC1CCC(Cl)NC1C(=O)C(C)(C)C. The van der Waals surface area contributed by atoms with Crippen molar-refractivity contribution in [1.82, 2.24) is 5.32 Å². The van der Waals surface area contributed by atoms with Gasteiger partial charge in [-0.3, -0.25) is 10.1 Å². The van der Waals surface area contributed by atoms with Crippen molar-refractivity contribution < 1.29 is 4.79 Å². The lowest BCUT2D eigenvalue weighted by Crippen LogP contribution is -2.52. The van der Waals surface area contributed by atoms with E-state index in [9.17, 15) is 4.79 Å². The Labute approximate surface area is 91.4 Å². The molecule has 1 aliphatic rings. The highest BCUT2D eigenvalue weighted by atomic mass is 35.5. The number of hydrogen-bond acceptors (Lipinski definition) is 2. The minimum atomic E-state index is -0.278. The standard InChI is InChI=1S/C11H20ClNO/c1-7-5-6-8(12)13-9(7)10(14)11(2,3)4/h7-9,13H,5-6H2,1-4H3. The summed E-state index contributed by atoms with van der Waals surface area (Å²) < 4.78 is 0. The molecule has 0 aromatic carbocycles. The van der Waals surface area contributed by atoms with Gasteiger partial charge >= 0.3 is 0 Å². The third kappa shape index (κ3) is 2.71. The second kappa shape index (κ2) is 4.19. The van der Waals surface area contributed by atoms with E-state index < -0.39 is 0 Å². The van der Waals surface area contributed by atoms with E-state index in [1.165, 1.54) is 0 Å². The summed E-state index contributed by atoms with van der Waals surface area (Å²) in [6, 6.07) is -0.0637. The maximum Gasteiger partial charge on any atom is 0.155 e. The lowest BCUT2D eigenvalue weighted by atomic mass is 9.79. The molecule has 3 unspecified atom stereocenters. The number of ketones is 1. The van der Waals surface area contributed by atoms with Crippen molar-refractivity contribution in [3.05, 3.63) is 0 Å². The number of carbonyl (C=O) groups excluding carboxylic acids is 1. The van der Waals surface area contributed by atoms with E-state index in [4.69, 9.17) is 11.6 Å². The molecule has 0 radical (unpaired) electrons. The summed E-state index contributed by atoms with van der Waals surface area (Å²) in [7, 11) is 0. The van der Waals surface area contributed by atoms with Gasteiger partial charge in [0.2, 0.25) is 0 Å². The van der Waals surface area contributed by atoms with Crippen LogP contribution in [0, 0.1) is 11.3 Å². The topological polar surface area (TPSA) is 29.1 Å². The van der Waals surface area contributed by atoms with Crippen molar-refractivity contribution in [2.75, 3.05) is 0 Å². The monoisotopic (exact) mass is 217 g/mol. The van der Waals surface area contributed by atoms with E-state index in [-0.39, 0.29) is 22.7 Å². The number of rotatable bonds is 1. The van der Waals surface area contributed by atoms with Gasteiger partial charge in [0, 0.05) is 5.41 Å². The second-order valence-electron chi connectivity index (χ2n) is 5.28. The molecular formula is C11H20ClNO. The van der Waals surface area contributed by atoms with E-state index in [2.05, 4.69) is 12.2 Å². The third-order valence-corrected chi connectivity index (χ3v) is 3.17. The molecule has 0 spiro atoms. The highest BCUT2D eigenvalue weighted by Crippen LogP contribution is 2.27. The summed E-state index contributed by atoms with van der Waals surface area (Å²) in [5.74, 6) is 0.673. The van der Waals surface area contributed by atoms with Gasteiger partial charge in [-0.15, -0.1) is 11.6 Å². The number of nitrogens with one attached hydrogen (secondary N) is 1. The summed E-state index contributed by atoms with van der Waals surface area (Å²) in [6.07, 6.45) is 1.99. The molecule has 1 fully saturated rings. The Balaban J connectivity index is 2.70. The smallest absolute Gasteiger partial charge is 0.155 e. The molecule has 2 nitrogen and oxygen atoms in total. The summed E-state index contributed by atoms with van der Waals surface area (Å²) >= 11 is 6.01. The van der Waals surface area contributed by atoms with Crippen LogP contribution in [0.15, 0.2) is 0 Å². The number of hydrogen-bond donors (Lipinski definition) is 1. The van der Waals surface area contributed by atoms with Crippen molar-refractivity contribution in [3.63, 3.8) is 0 Å². The zero-order chi connectivity index (χ0) is 10.9. The van der Waals surface area contributed by atoms with E-state index in [0.29, 0.717) is 5.92 Å². The Morgan fingerprint density at radius 1 is 1.36 bits per heavy atom. The van der Waals surface area contributed by atoms with Crippen molar-refractivity contribution in [1.29, 1.82) is 0 Å². The fourth-order valence-corrected chi connectivity index (χ4v) is 2.08. The predicted octanol–water partition coefficient (Wildman–Crippen LogP) is 2.55. The molecule has 0 amide bonds. The Hall–Kier alpha value is -0.0800. The number of piperidine rings is 1. The Morgan fingerprint density at radius 3 is 2.43 bits per heavy atom. The van der Waals surface area contributed by atoms with E-state index in [1.54, 1.807) is 0 Å². The second-order valence-corrected chi connectivity index (χ2v) is 5.81. The maximum absolute atomic E-state index is 12.1. The van der Waals surface area contributed by atoms with Crippen LogP contribution >= 0.6 is 11.6 Å². The highest BCUT2D eigenvalue weighted by Gasteiger charge is 2.36. The Morgan fingerprint density at radius 2 is 1.93 bits per heavy atom. The van der Waals surface area contributed by atoms with Crippen molar-refractivity contribution in [2.24, 2.45) is 11.3 Å². The average molecular weight is 218 g/mol. The minimum Gasteiger partial charge on any atom is -0.297 e. The summed E-state index contributed by atoms with van der Waals surface area (Å²) in [5.41, 5.74) is -0.317. The lowest BCUT2D eigenvalue weighted by molar-refractivity contribution is -0.130. The molecule has 0 bridgehead atoms. The van der Waals surface area contributed by atoms with Gasteiger partial charge in [0.25, 0.3) is 0 Å². The van der Waals surface area contributed by atoms with Crippen LogP contribution in [0.2, 0.25) is 0 Å². The molecular weight excluding hydrogens is 198 g/mol. The van der Waals surface area contributed by atoms with Crippen LogP contribution in [-0.2, 0) is 4.79 Å². The van der Waals surface area contributed by atoms with E-state index >= 15 is 0 Å². The van der Waals surface area contributed by atoms with Crippen LogP contribution in [-0.4, -0.2) is 17.3 Å². The fraction of sp³-hybridized carbons (Fsp3) is 0.909. The lowest BCUT2D eigenvalue weighted by Gasteiger charge is -2.35. The molecule has 1 saturated heterocycles. The van der Waals surface area contributed by atoms with Gasteiger partial charge < -0.3 is 0 Å². The molecule has 14 heavy (non-hydrogen) atoms. The molecule has 0 aromatic heterocycles. The number of carbonyl (C=O) groups is 1. The summed E-state index contributed by atoms with van der Waals surface area (Å²) in [5, 5.41) is 3.19. The van der Waals surface area contributed by atoms with E-state index in [1.807, 2.05) is 20.8 Å². The minimum absolute atomic E-state index is 0.0394. The van der Waals surface area contributed by atoms with Crippen LogP contribution < -0.4 is 5.32 Å². The molecule has 1 rings (SSSR count). The van der Waals surface area contributed by atoms with Crippen LogP contribution in [0.4, 0.5) is 0 Å². The zero-order valence-electron chi connectivity index (χ0n) is 9.43. The Bertz CT molecular complexity index is 222. The number of alkyl halides is 1. The van der Waals surface area contributed by atoms with Crippen molar-refractivity contribution in [2.45, 2.75) is 52.1 Å². The number of Topliss-reactive ketones (excluding diaryl/α,β-unsaturated/α-hetero) is 1. The van der Waals surface area contributed by atoms with Crippen LogP contribution in [0.5, 0.6) is 0 Å². The molecule has 0 aromatic rings. The first kappa shape index (κ1) is 12.0. The van der Waals surface area contributed by atoms with Gasteiger partial charge in [-0.25, -0.2) is 0 Å². The van der Waals surface area contributed by atoms with Crippen molar-refractivity contribution in [3.8, 4) is 0 Å². The molecule has 3 heteroatoms. The highest BCUT2D eigenvalue weighted by molar-refractivity contribution is 6.20. The van der Waals surface area contributed by atoms with E-state index in [0.717, 1.165) is 12.8 Å². The first-order valence-corrected chi connectivity index (χ1v) is 5.70. The zero-order valence-corrected chi connectivity index (χ0v) is 10.2. The van der Waals surface area contributed by atoms with Crippen LogP contribution in [0.1, 0.15) is 40.5 Å². The normalized spacial score (nSPS) is 34.2. The fourth-order valence-electron chi connectivity index (χ4n) is 1.82. The molecule has 3 atom stereocenters. The van der Waals surface area contributed by atoms with Crippen LogP contribution in [0.25, 0.3) is 0 Å². The van der Waals surface area contributed by atoms with Gasteiger partial charge in [0.05, 0.1) is 11.5 Å². The van der Waals surface area contributed by atoms with Gasteiger partial charge in [-0.2, -0.15) is 0 Å². The average Bonchev–Trinajstić information content (AvgIpc) is 2.06. The first-order chi connectivity index (χ1) is 6.32. The molecule has 1 N–H and O–H groups in total. The first-order valence-electron chi connectivity index (χ1n) is 5.27. The molecule has 82 valence electrons.